The third-order valence-electron chi connectivity index (χ3n) is 5.32. The number of hydrogen-bond acceptors (Lipinski definition) is 6. The highest BCUT2D eigenvalue weighted by Crippen LogP contribution is 2.19. The first kappa shape index (κ1) is 22.1. The quantitative estimate of drug-likeness (QED) is 0.587. The van der Waals surface area contributed by atoms with Gasteiger partial charge in [0, 0.05) is 37.9 Å². The van der Waals surface area contributed by atoms with Crippen LogP contribution < -0.4 is 15.4 Å². The number of nitrogens with zero attached hydrogens (tertiary/aromatic N) is 2. The predicted octanol–water partition coefficient (Wildman–Crippen LogP) is 0.665. The SMILES string of the molecule is COc1cccc(NC(=O)N[C@H]2C=C[C@H](CC(=O)N3CCN(C)CC3)O[C@@H]2CO)c1. The lowest BCUT2D eigenvalue weighted by atomic mass is 10.0. The standard InChI is InChI=1S/C21H30N4O5/c1-24-8-10-25(11-9-24)20(27)13-17-6-7-18(19(14-26)30-17)23-21(28)22-15-4-3-5-16(12-15)29-2/h3-7,12,17-19,26H,8-11,13-14H2,1-2H3,(H2,22,23,28)/t17-,18+,19-/m1/s1. The molecular weight excluding hydrogens is 388 g/mol. The summed E-state index contributed by atoms with van der Waals surface area (Å²) in [6.07, 6.45) is 2.72. The Labute approximate surface area is 176 Å². The van der Waals surface area contributed by atoms with Gasteiger partial charge in [-0.3, -0.25) is 4.79 Å². The zero-order chi connectivity index (χ0) is 21.5. The van der Waals surface area contributed by atoms with Crippen molar-refractivity contribution in [1.82, 2.24) is 15.1 Å². The molecule has 0 saturated carbocycles. The summed E-state index contributed by atoms with van der Waals surface area (Å²) in [7, 11) is 3.60. The van der Waals surface area contributed by atoms with Crippen LogP contribution in [0.25, 0.3) is 0 Å². The van der Waals surface area contributed by atoms with Crippen LogP contribution in [0.2, 0.25) is 0 Å². The number of piperazine rings is 1. The van der Waals surface area contributed by atoms with Crippen LogP contribution in [0.1, 0.15) is 6.42 Å². The molecule has 9 nitrogen and oxygen atoms in total. The van der Waals surface area contributed by atoms with Crippen LogP contribution in [0.15, 0.2) is 36.4 Å². The molecule has 0 bridgehead atoms. The topological polar surface area (TPSA) is 103 Å². The lowest BCUT2D eigenvalue weighted by molar-refractivity contribution is -0.137. The Morgan fingerprint density at radius 2 is 2.00 bits per heavy atom. The van der Waals surface area contributed by atoms with Gasteiger partial charge >= 0.3 is 6.03 Å². The number of methoxy groups -OCH3 is 1. The molecule has 0 radical (unpaired) electrons. The van der Waals surface area contributed by atoms with E-state index in [0.29, 0.717) is 24.5 Å². The van der Waals surface area contributed by atoms with E-state index in [4.69, 9.17) is 9.47 Å². The number of benzene rings is 1. The summed E-state index contributed by atoms with van der Waals surface area (Å²) in [4.78, 5) is 28.9. The van der Waals surface area contributed by atoms with Crippen LogP contribution in [0.4, 0.5) is 10.5 Å². The van der Waals surface area contributed by atoms with Gasteiger partial charge in [0.1, 0.15) is 11.9 Å². The molecule has 2 aliphatic rings. The van der Waals surface area contributed by atoms with Gasteiger partial charge < -0.3 is 35.0 Å². The van der Waals surface area contributed by atoms with E-state index in [2.05, 4.69) is 15.5 Å². The summed E-state index contributed by atoms with van der Waals surface area (Å²) in [6.45, 7) is 2.88. The van der Waals surface area contributed by atoms with Crippen molar-refractivity contribution in [2.24, 2.45) is 0 Å². The van der Waals surface area contributed by atoms with Gasteiger partial charge in [0.05, 0.1) is 32.3 Å². The maximum Gasteiger partial charge on any atom is 0.319 e. The third kappa shape index (κ3) is 5.94. The molecule has 0 spiro atoms. The maximum atomic E-state index is 12.5. The van der Waals surface area contributed by atoms with Crippen molar-refractivity contribution in [2.45, 2.75) is 24.7 Å². The van der Waals surface area contributed by atoms with Gasteiger partial charge in [-0.05, 0) is 19.2 Å². The fourth-order valence-electron chi connectivity index (χ4n) is 3.51. The van der Waals surface area contributed by atoms with Crippen molar-refractivity contribution in [3.8, 4) is 5.75 Å². The second-order valence-electron chi connectivity index (χ2n) is 7.52. The smallest absolute Gasteiger partial charge is 0.319 e. The Morgan fingerprint density at radius 1 is 1.23 bits per heavy atom. The number of amides is 3. The average molecular weight is 418 g/mol. The van der Waals surface area contributed by atoms with Crippen molar-refractivity contribution in [3.05, 3.63) is 36.4 Å². The molecule has 1 aromatic carbocycles. The number of anilines is 1. The highest BCUT2D eigenvalue weighted by Gasteiger charge is 2.30. The van der Waals surface area contributed by atoms with E-state index in [1.807, 2.05) is 11.9 Å². The van der Waals surface area contributed by atoms with E-state index >= 15 is 0 Å². The molecule has 2 heterocycles. The molecule has 0 aliphatic carbocycles. The van der Waals surface area contributed by atoms with Crippen molar-refractivity contribution in [1.29, 1.82) is 0 Å². The summed E-state index contributed by atoms with van der Waals surface area (Å²) in [5.41, 5.74) is 0.587. The number of aliphatic hydroxyl groups excluding tert-OH is 1. The van der Waals surface area contributed by atoms with Crippen LogP contribution >= 0.6 is 0 Å². The number of aliphatic hydroxyl groups is 1. The molecule has 3 atom stereocenters. The van der Waals surface area contributed by atoms with E-state index in [1.165, 1.54) is 0 Å². The Balaban J connectivity index is 1.52. The molecule has 0 unspecified atom stereocenters. The monoisotopic (exact) mass is 418 g/mol. The molecule has 3 N–H and O–H groups in total. The Morgan fingerprint density at radius 3 is 2.70 bits per heavy atom. The van der Waals surface area contributed by atoms with Crippen LogP contribution in [-0.2, 0) is 9.53 Å². The van der Waals surface area contributed by atoms with Crippen molar-refractivity contribution in [2.75, 3.05) is 52.3 Å². The van der Waals surface area contributed by atoms with E-state index in [1.54, 1.807) is 43.5 Å². The molecule has 0 aromatic heterocycles. The first-order valence-corrected chi connectivity index (χ1v) is 10.1. The molecule has 3 amide bonds. The highest BCUT2D eigenvalue weighted by atomic mass is 16.5. The number of nitrogens with one attached hydrogen (secondary N) is 2. The normalized spacial score (nSPS) is 24.4. The van der Waals surface area contributed by atoms with Gasteiger partial charge in [-0.1, -0.05) is 18.2 Å². The molecule has 1 saturated heterocycles. The summed E-state index contributed by atoms with van der Waals surface area (Å²) in [6, 6.07) is 6.08. The lowest BCUT2D eigenvalue weighted by Crippen LogP contribution is -2.51. The molecule has 2 aliphatic heterocycles. The van der Waals surface area contributed by atoms with Crippen LogP contribution in [0, 0.1) is 0 Å². The van der Waals surface area contributed by atoms with Crippen LogP contribution in [0.3, 0.4) is 0 Å². The lowest BCUT2D eigenvalue weighted by Gasteiger charge is -2.35. The first-order valence-electron chi connectivity index (χ1n) is 10.1. The summed E-state index contributed by atoms with van der Waals surface area (Å²) >= 11 is 0. The minimum Gasteiger partial charge on any atom is -0.497 e. The fourth-order valence-corrected chi connectivity index (χ4v) is 3.51. The fraction of sp³-hybridized carbons (Fsp3) is 0.524. The summed E-state index contributed by atoms with van der Waals surface area (Å²) in [5, 5.41) is 15.2. The van der Waals surface area contributed by atoms with Gasteiger partial charge in [0.25, 0.3) is 0 Å². The van der Waals surface area contributed by atoms with Crippen molar-refractivity contribution < 1.29 is 24.2 Å². The average Bonchev–Trinajstić information content (AvgIpc) is 2.75. The predicted molar refractivity (Wildman–Crippen MR) is 113 cm³/mol. The zero-order valence-electron chi connectivity index (χ0n) is 17.4. The summed E-state index contributed by atoms with van der Waals surface area (Å²) in [5.74, 6) is 0.673. The molecule has 1 fully saturated rings. The van der Waals surface area contributed by atoms with Crippen LogP contribution in [0.5, 0.6) is 5.75 Å². The number of carbonyl (C=O) groups is 2. The second kappa shape index (κ2) is 10.4. The number of likely N-dealkylation sites (N-methyl/N-ethyl adjacent to an activating group) is 1. The Kier molecular flexibility index (Phi) is 7.67. The molecule has 3 rings (SSSR count). The third-order valence-corrected chi connectivity index (χ3v) is 5.32. The van der Waals surface area contributed by atoms with E-state index in [-0.39, 0.29) is 18.9 Å². The van der Waals surface area contributed by atoms with Gasteiger partial charge in [-0.15, -0.1) is 0 Å². The van der Waals surface area contributed by atoms with E-state index in [9.17, 15) is 14.7 Å². The molecular formula is C21H30N4O5. The van der Waals surface area contributed by atoms with Crippen molar-refractivity contribution in [3.63, 3.8) is 0 Å². The number of ether oxygens (including phenoxy) is 2. The minimum atomic E-state index is -0.628. The molecule has 1 aromatic rings. The molecule has 164 valence electrons. The molecule has 30 heavy (non-hydrogen) atoms. The second-order valence-corrected chi connectivity index (χ2v) is 7.52. The van der Waals surface area contributed by atoms with Gasteiger partial charge in [-0.25, -0.2) is 4.79 Å². The van der Waals surface area contributed by atoms with E-state index in [0.717, 1.165) is 13.1 Å². The number of rotatable bonds is 6. The number of carbonyl (C=O) groups excluding carboxylic acids is 2. The minimum absolute atomic E-state index is 0.0385. The van der Waals surface area contributed by atoms with Crippen molar-refractivity contribution >= 4 is 17.6 Å². The van der Waals surface area contributed by atoms with E-state index < -0.39 is 24.3 Å². The van der Waals surface area contributed by atoms with Gasteiger partial charge in [0.15, 0.2) is 0 Å². The Bertz CT molecular complexity index is 764. The van der Waals surface area contributed by atoms with Gasteiger partial charge in [0.2, 0.25) is 5.91 Å². The van der Waals surface area contributed by atoms with Gasteiger partial charge in [-0.2, -0.15) is 0 Å². The largest absolute Gasteiger partial charge is 0.497 e. The summed E-state index contributed by atoms with van der Waals surface area (Å²) < 4.78 is 11.0. The number of hydrogen-bond donors (Lipinski definition) is 3. The van der Waals surface area contributed by atoms with Crippen LogP contribution in [-0.4, -0.2) is 92.0 Å². The first-order chi connectivity index (χ1) is 14.5. The maximum absolute atomic E-state index is 12.5. The Hall–Kier alpha value is -2.62. The number of urea groups is 1. The highest BCUT2D eigenvalue weighted by molar-refractivity contribution is 5.89. The zero-order valence-corrected chi connectivity index (χ0v) is 17.4. The molecule has 9 heteroatoms.